The Hall–Kier alpha value is -2.76. The third-order valence-corrected chi connectivity index (χ3v) is 5.20. The number of phenols is 2. The second-order valence-electron chi connectivity index (χ2n) is 7.51. The summed E-state index contributed by atoms with van der Waals surface area (Å²) in [6.07, 6.45) is 10.2. The van der Waals surface area contributed by atoms with Crippen LogP contribution in [0.1, 0.15) is 45.1 Å². The molecule has 1 aliphatic carbocycles. The van der Waals surface area contributed by atoms with Crippen LogP contribution in [0.2, 0.25) is 0 Å². The van der Waals surface area contributed by atoms with Gasteiger partial charge in [0.2, 0.25) is 5.75 Å². The first-order valence-electron chi connectivity index (χ1n) is 9.93. The molecule has 0 saturated carbocycles. The third kappa shape index (κ3) is 6.97. The van der Waals surface area contributed by atoms with E-state index in [4.69, 9.17) is 9.47 Å². The first-order valence-corrected chi connectivity index (χ1v) is 9.93. The van der Waals surface area contributed by atoms with Crippen molar-refractivity contribution >= 4 is 11.8 Å². The molecule has 0 heterocycles. The molecule has 3 atom stereocenters. The largest absolute Gasteiger partial charge is 0.504 e. The zero-order valence-corrected chi connectivity index (χ0v) is 17.3. The van der Waals surface area contributed by atoms with E-state index in [0.717, 1.165) is 6.42 Å². The first kappa shape index (κ1) is 22.5. The number of phenolic OH excluding ortho intramolecular Hbond substituents is 2. The zero-order valence-electron chi connectivity index (χ0n) is 17.3. The smallest absolute Gasteiger partial charge is 0.302 e. The van der Waals surface area contributed by atoms with E-state index in [9.17, 15) is 19.8 Å². The van der Waals surface area contributed by atoms with E-state index in [-0.39, 0.29) is 41.8 Å². The molecule has 0 aromatic heterocycles. The van der Waals surface area contributed by atoms with Gasteiger partial charge in [0.25, 0.3) is 0 Å². The minimum absolute atomic E-state index is 0.0186. The van der Waals surface area contributed by atoms with E-state index in [1.165, 1.54) is 20.1 Å². The van der Waals surface area contributed by atoms with Crippen LogP contribution in [0.25, 0.3) is 0 Å². The van der Waals surface area contributed by atoms with E-state index in [0.29, 0.717) is 30.2 Å². The summed E-state index contributed by atoms with van der Waals surface area (Å²) in [5, 5.41) is 19.4. The molecule has 6 heteroatoms. The maximum atomic E-state index is 12.5. The number of ether oxygens (including phenoxy) is 2. The molecule has 0 saturated heterocycles. The van der Waals surface area contributed by atoms with Crippen molar-refractivity contribution in [1.29, 1.82) is 0 Å². The number of hydrogen-bond donors (Lipinski definition) is 2. The zero-order chi connectivity index (χ0) is 21.4. The normalized spacial score (nSPS) is 19.0. The lowest BCUT2D eigenvalue weighted by Crippen LogP contribution is -2.22. The molecule has 158 valence electrons. The number of aryl methyl sites for hydroxylation is 1. The topological polar surface area (TPSA) is 93.1 Å². The van der Waals surface area contributed by atoms with Gasteiger partial charge in [0, 0.05) is 19.8 Å². The van der Waals surface area contributed by atoms with E-state index in [2.05, 4.69) is 19.1 Å². The van der Waals surface area contributed by atoms with Gasteiger partial charge in [-0.2, -0.15) is 0 Å². The minimum Gasteiger partial charge on any atom is -0.504 e. The minimum atomic E-state index is -0.436. The number of benzene rings is 1. The van der Waals surface area contributed by atoms with Crippen LogP contribution in [0, 0.1) is 11.8 Å². The van der Waals surface area contributed by atoms with Crippen LogP contribution in [-0.2, 0) is 20.7 Å². The van der Waals surface area contributed by atoms with Gasteiger partial charge in [0.1, 0.15) is 11.9 Å². The van der Waals surface area contributed by atoms with Crippen molar-refractivity contribution in [2.24, 2.45) is 11.8 Å². The third-order valence-electron chi connectivity index (χ3n) is 5.20. The van der Waals surface area contributed by atoms with Crippen LogP contribution in [0.15, 0.2) is 36.4 Å². The number of methoxy groups -OCH3 is 1. The molecule has 0 amide bonds. The van der Waals surface area contributed by atoms with Crippen LogP contribution in [0.5, 0.6) is 17.2 Å². The van der Waals surface area contributed by atoms with Crippen LogP contribution in [-0.4, -0.2) is 35.2 Å². The van der Waals surface area contributed by atoms with Gasteiger partial charge in [-0.15, -0.1) is 0 Å². The number of Topliss-reactive ketones (excluding diaryl/α,β-unsaturated/α-hetero) is 1. The quantitative estimate of drug-likeness (QED) is 0.452. The lowest BCUT2D eigenvalue weighted by atomic mass is 9.85. The van der Waals surface area contributed by atoms with Gasteiger partial charge in [-0.1, -0.05) is 31.2 Å². The Balaban J connectivity index is 1.90. The van der Waals surface area contributed by atoms with E-state index in [1.807, 2.05) is 12.2 Å². The average molecular weight is 402 g/mol. The van der Waals surface area contributed by atoms with E-state index in [1.54, 1.807) is 6.07 Å². The number of hydrogen-bond acceptors (Lipinski definition) is 6. The Labute approximate surface area is 171 Å². The molecule has 29 heavy (non-hydrogen) atoms. The van der Waals surface area contributed by atoms with Gasteiger partial charge in [-0.25, -0.2) is 0 Å². The predicted octanol–water partition coefficient (Wildman–Crippen LogP) is 4.09. The summed E-state index contributed by atoms with van der Waals surface area (Å²) in [5.41, 5.74) is 0.683. The van der Waals surface area contributed by atoms with Gasteiger partial charge < -0.3 is 19.7 Å². The molecular formula is C23H30O6. The second-order valence-corrected chi connectivity index (χ2v) is 7.51. The number of carbonyl (C=O) groups excluding carboxylic acids is 2. The Morgan fingerprint density at radius 3 is 2.55 bits per heavy atom. The number of carbonyl (C=O) groups is 2. The number of allylic oxidation sites excluding steroid dienone is 4. The summed E-state index contributed by atoms with van der Waals surface area (Å²) < 4.78 is 10.4. The van der Waals surface area contributed by atoms with Crippen molar-refractivity contribution in [2.75, 3.05) is 7.11 Å². The lowest BCUT2D eigenvalue weighted by Gasteiger charge is -2.23. The van der Waals surface area contributed by atoms with Crippen molar-refractivity contribution < 1.29 is 29.3 Å². The molecular weight excluding hydrogens is 372 g/mol. The van der Waals surface area contributed by atoms with Gasteiger partial charge in [-0.3, -0.25) is 9.59 Å². The maximum Gasteiger partial charge on any atom is 0.302 e. The highest BCUT2D eigenvalue weighted by Gasteiger charge is 2.21. The van der Waals surface area contributed by atoms with E-state index < -0.39 is 6.10 Å². The van der Waals surface area contributed by atoms with Crippen molar-refractivity contribution in [3.63, 3.8) is 0 Å². The molecule has 0 radical (unpaired) electrons. The molecule has 1 aromatic rings. The summed E-state index contributed by atoms with van der Waals surface area (Å²) in [5.74, 6) is -0.0509. The van der Waals surface area contributed by atoms with Gasteiger partial charge in [0.15, 0.2) is 11.5 Å². The summed E-state index contributed by atoms with van der Waals surface area (Å²) >= 11 is 0. The first-order chi connectivity index (χ1) is 13.8. The highest BCUT2D eigenvalue weighted by Crippen LogP contribution is 2.36. The summed E-state index contributed by atoms with van der Waals surface area (Å²) in [6, 6.07) is 3.01. The SMILES string of the molecule is COc1cc(CCC(=O)CC(CCC2C=CC=CC2C)OC(C)=O)cc(O)c1O. The Morgan fingerprint density at radius 1 is 1.17 bits per heavy atom. The van der Waals surface area contributed by atoms with Crippen LogP contribution in [0.4, 0.5) is 0 Å². The summed E-state index contributed by atoms with van der Waals surface area (Å²) in [6.45, 7) is 3.51. The fourth-order valence-electron chi connectivity index (χ4n) is 3.53. The number of ketones is 1. The van der Waals surface area contributed by atoms with Crippen LogP contribution in [0.3, 0.4) is 0 Å². The van der Waals surface area contributed by atoms with Crippen molar-refractivity contribution in [3.05, 3.63) is 42.0 Å². The predicted molar refractivity (Wildman–Crippen MR) is 110 cm³/mol. The Morgan fingerprint density at radius 2 is 1.90 bits per heavy atom. The van der Waals surface area contributed by atoms with Crippen molar-refractivity contribution in [2.45, 2.75) is 52.1 Å². The molecule has 1 aromatic carbocycles. The maximum absolute atomic E-state index is 12.5. The molecule has 0 bridgehead atoms. The number of aromatic hydroxyl groups is 2. The molecule has 0 spiro atoms. The number of rotatable bonds is 10. The summed E-state index contributed by atoms with van der Waals surface area (Å²) in [7, 11) is 1.39. The monoisotopic (exact) mass is 402 g/mol. The highest BCUT2D eigenvalue weighted by atomic mass is 16.5. The lowest BCUT2D eigenvalue weighted by molar-refractivity contribution is -0.148. The van der Waals surface area contributed by atoms with Gasteiger partial charge >= 0.3 is 5.97 Å². The fourth-order valence-corrected chi connectivity index (χ4v) is 3.53. The number of esters is 1. The van der Waals surface area contributed by atoms with Crippen molar-refractivity contribution in [3.8, 4) is 17.2 Å². The molecule has 3 unspecified atom stereocenters. The molecule has 0 aliphatic heterocycles. The molecule has 2 rings (SSSR count). The van der Waals surface area contributed by atoms with E-state index >= 15 is 0 Å². The summed E-state index contributed by atoms with van der Waals surface area (Å²) in [4.78, 5) is 23.9. The van der Waals surface area contributed by atoms with Crippen LogP contribution >= 0.6 is 0 Å². The molecule has 1 aliphatic rings. The van der Waals surface area contributed by atoms with Gasteiger partial charge in [-0.05, 0) is 48.8 Å². The average Bonchev–Trinajstić information content (AvgIpc) is 2.67. The fraction of sp³-hybridized carbons (Fsp3) is 0.478. The molecule has 6 nitrogen and oxygen atoms in total. The molecule has 2 N–H and O–H groups in total. The Bertz CT molecular complexity index is 780. The molecule has 0 fully saturated rings. The standard InChI is InChI=1S/C23H30O6/c1-15-6-4-5-7-18(15)9-11-20(29-16(2)24)14-19(25)10-8-17-12-21(26)23(27)22(13-17)28-3/h4-7,12-13,15,18,20,26-27H,8-11,14H2,1-3H3. The highest BCUT2D eigenvalue weighted by molar-refractivity contribution is 5.79. The van der Waals surface area contributed by atoms with Crippen LogP contribution < -0.4 is 4.74 Å². The van der Waals surface area contributed by atoms with Crippen molar-refractivity contribution in [1.82, 2.24) is 0 Å². The second kappa shape index (κ2) is 10.7. The van der Waals surface area contributed by atoms with Gasteiger partial charge in [0.05, 0.1) is 7.11 Å². The Kier molecular flexibility index (Phi) is 8.31.